The fourth-order valence-electron chi connectivity index (χ4n) is 2.56. The normalized spacial score (nSPS) is 11.4. The Bertz CT molecular complexity index is 957. The number of halogens is 3. The second kappa shape index (κ2) is 7.61. The van der Waals surface area contributed by atoms with E-state index in [-0.39, 0.29) is 5.69 Å². The summed E-state index contributed by atoms with van der Waals surface area (Å²) in [6, 6.07) is 10.4. The molecule has 2 heterocycles. The molecule has 0 atom stereocenters. The number of methoxy groups -OCH3 is 1. The van der Waals surface area contributed by atoms with Crippen molar-refractivity contribution in [2.24, 2.45) is 0 Å². The van der Waals surface area contributed by atoms with Gasteiger partial charge in [-0.1, -0.05) is 12.1 Å². The van der Waals surface area contributed by atoms with Crippen LogP contribution in [0.3, 0.4) is 0 Å². The number of amides is 1. The topological polar surface area (TPSA) is 64.1 Å². The summed E-state index contributed by atoms with van der Waals surface area (Å²) in [7, 11) is 1.57. The lowest BCUT2D eigenvalue weighted by molar-refractivity contribution is -0.132. The molecule has 0 saturated heterocycles. The van der Waals surface area contributed by atoms with Gasteiger partial charge in [0.05, 0.1) is 19.0 Å². The predicted molar refractivity (Wildman–Crippen MR) is 94.5 cm³/mol. The molecular formula is C19H16F3N3O2. The largest absolute Gasteiger partial charge is 0.497 e. The van der Waals surface area contributed by atoms with E-state index in [1.54, 1.807) is 37.7 Å². The van der Waals surface area contributed by atoms with Crippen molar-refractivity contribution >= 4 is 16.8 Å². The van der Waals surface area contributed by atoms with Gasteiger partial charge in [-0.2, -0.15) is 13.2 Å². The van der Waals surface area contributed by atoms with Gasteiger partial charge in [-0.05, 0) is 29.8 Å². The van der Waals surface area contributed by atoms with Gasteiger partial charge in [-0.25, -0.2) is 4.98 Å². The molecule has 1 N–H and O–H groups in total. The van der Waals surface area contributed by atoms with Crippen molar-refractivity contribution in [1.29, 1.82) is 0 Å². The molecule has 0 fully saturated rings. The maximum Gasteiger partial charge on any atom is 0.390 e. The molecule has 0 spiro atoms. The van der Waals surface area contributed by atoms with Gasteiger partial charge >= 0.3 is 6.18 Å². The molecule has 3 aromatic rings. The standard InChI is InChI=1S/C19H16F3N3O2/c1-27-14-5-2-12(3-6-14)15-11-23-10-13-4-7-16(25-17(13)15)18(26)24-9-8-19(20,21)22/h2-7,10-11H,8-9H2,1H3,(H,24,26). The highest BCUT2D eigenvalue weighted by Crippen LogP contribution is 2.28. The van der Waals surface area contributed by atoms with E-state index >= 15 is 0 Å². The molecule has 0 aliphatic rings. The van der Waals surface area contributed by atoms with Crippen LogP contribution in [0.25, 0.3) is 22.0 Å². The van der Waals surface area contributed by atoms with Crippen LogP contribution < -0.4 is 10.1 Å². The van der Waals surface area contributed by atoms with Crippen LogP contribution in [0.2, 0.25) is 0 Å². The fourth-order valence-corrected chi connectivity index (χ4v) is 2.56. The van der Waals surface area contributed by atoms with Crippen molar-refractivity contribution in [3.8, 4) is 16.9 Å². The molecule has 1 amide bonds. The first-order valence-corrected chi connectivity index (χ1v) is 8.11. The van der Waals surface area contributed by atoms with Crippen LogP contribution in [0.1, 0.15) is 16.9 Å². The third-order valence-corrected chi connectivity index (χ3v) is 3.93. The second-order valence-corrected chi connectivity index (χ2v) is 5.80. The Labute approximate surface area is 153 Å². The molecule has 0 bridgehead atoms. The monoisotopic (exact) mass is 375 g/mol. The fraction of sp³-hybridized carbons (Fsp3) is 0.211. The quantitative estimate of drug-likeness (QED) is 0.733. The molecular weight excluding hydrogens is 359 g/mol. The van der Waals surface area contributed by atoms with E-state index < -0.39 is 25.0 Å². The zero-order valence-electron chi connectivity index (χ0n) is 14.4. The molecule has 0 unspecified atom stereocenters. The molecule has 5 nitrogen and oxygen atoms in total. The Balaban J connectivity index is 1.90. The molecule has 0 aliphatic carbocycles. The number of hydrogen-bond acceptors (Lipinski definition) is 4. The van der Waals surface area contributed by atoms with Crippen LogP contribution in [-0.2, 0) is 0 Å². The molecule has 3 rings (SSSR count). The van der Waals surface area contributed by atoms with E-state index in [2.05, 4.69) is 15.3 Å². The molecule has 27 heavy (non-hydrogen) atoms. The maximum absolute atomic E-state index is 12.2. The third kappa shape index (κ3) is 4.52. The van der Waals surface area contributed by atoms with Gasteiger partial charge in [0, 0.05) is 29.9 Å². The lowest BCUT2D eigenvalue weighted by Crippen LogP contribution is -2.28. The van der Waals surface area contributed by atoms with E-state index in [0.717, 1.165) is 10.9 Å². The predicted octanol–water partition coefficient (Wildman–Crippen LogP) is 3.99. The van der Waals surface area contributed by atoms with Gasteiger partial charge in [-0.3, -0.25) is 9.78 Å². The van der Waals surface area contributed by atoms with Gasteiger partial charge < -0.3 is 10.1 Å². The van der Waals surface area contributed by atoms with Gasteiger partial charge in [0.1, 0.15) is 11.4 Å². The minimum Gasteiger partial charge on any atom is -0.497 e. The van der Waals surface area contributed by atoms with Gasteiger partial charge in [-0.15, -0.1) is 0 Å². The molecule has 140 valence electrons. The number of alkyl halides is 3. The van der Waals surface area contributed by atoms with Crippen LogP contribution in [-0.4, -0.2) is 35.7 Å². The smallest absolute Gasteiger partial charge is 0.390 e. The number of hydrogen-bond donors (Lipinski definition) is 1. The van der Waals surface area contributed by atoms with Crippen LogP contribution in [0.4, 0.5) is 13.2 Å². The van der Waals surface area contributed by atoms with E-state index in [1.807, 2.05) is 12.1 Å². The first-order valence-electron chi connectivity index (χ1n) is 8.11. The highest BCUT2D eigenvalue weighted by Gasteiger charge is 2.26. The summed E-state index contributed by atoms with van der Waals surface area (Å²) >= 11 is 0. The van der Waals surface area contributed by atoms with Crippen LogP contribution in [0.5, 0.6) is 5.75 Å². The SMILES string of the molecule is COc1ccc(-c2cncc3ccc(C(=O)NCCC(F)(F)F)nc23)cc1. The van der Waals surface area contributed by atoms with Gasteiger partial charge in [0.2, 0.25) is 0 Å². The Morgan fingerprint density at radius 2 is 1.85 bits per heavy atom. The Hall–Kier alpha value is -3.16. The first-order chi connectivity index (χ1) is 12.9. The molecule has 0 radical (unpaired) electrons. The molecule has 0 saturated carbocycles. The lowest BCUT2D eigenvalue weighted by atomic mass is 10.0. The molecule has 8 heteroatoms. The number of carbonyl (C=O) groups is 1. The number of rotatable bonds is 5. The van der Waals surface area contributed by atoms with Crippen LogP contribution in [0.15, 0.2) is 48.8 Å². The van der Waals surface area contributed by atoms with Crippen molar-refractivity contribution in [3.05, 3.63) is 54.5 Å². The summed E-state index contributed by atoms with van der Waals surface area (Å²) in [4.78, 5) is 20.7. The Morgan fingerprint density at radius 1 is 1.11 bits per heavy atom. The minimum absolute atomic E-state index is 0.0469. The number of benzene rings is 1. The van der Waals surface area contributed by atoms with Crippen molar-refractivity contribution < 1.29 is 22.7 Å². The van der Waals surface area contributed by atoms with Gasteiger partial charge in [0.15, 0.2) is 0 Å². The summed E-state index contributed by atoms with van der Waals surface area (Å²) in [6.07, 6.45) is -2.17. The number of aromatic nitrogens is 2. The zero-order chi connectivity index (χ0) is 19.4. The van der Waals surface area contributed by atoms with Crippen molar-refractivity contribution in [3.63, 3.8) is 0 Å². The maximum atomic E-state index is 12.2. The average Bonchev–Trinajstić information content (AvgIpc) is 2.66. The van der Waals surface area contributed by atoms with E-state index in [1.165, 1.54) is 6.07 Å². The summed E-state index contributed by atoms with van der Waals surface area (Å²) < 4.78 is 41.8. The number of nitrogens with zero attached hydrogens (tertiary/aromatic N) is 2. The summed E-state index contributed by atoms with van der Waals surface area (Å²) in [5.74, 6) is 0.0447. The average molecular weight is 375 g/mol. The minimum atomic E-state index is -4.32. The lowest BCUT2D eigenvalue weighted by Gasteiger charge is -2.10. The van der Waals surface area contributed by atoms with E-state index in [4.69, 9.17) is 4.74 Å². The number of pyridine rings is 2. The van der Waals surface area contributed by atoms with Gasteiger partial charge in [0.25, 0.3) is 5.91 Å². The van der Waals surface area contributed by atoms with Crippen molar-refractivity contribution in [2.75, 3.05) is 13.7 Å². The van der Waals surface area contributed by atoms with Crippen LogP contribution >= 0.6 is 0 Å². The van der Waals surface area contributed by atoms with Crippen LogP contribution in [0, 0.1) is 0 Å². The molecule has 0 aliphatic heterocycles. The van der Waals surface area contributed by atoms with E-state index in [9.17, 15) is 18.0 Å². The Kier molecular flexibility index (Phi) is 5.25. The number of ether oxygens (including phenoxy) is 1. The summed E-state index contributed by atoms with van der Waals surface area (Å²) in [5.41, 5.74) is 2.13. The number of fused-ring (bicyclic) bond motifs is 1. The van der Waals surface area contributed by atoms with Crippen molar-refractivity contribution in [1.82, 2.24) is 15.3 Å². The first kappa shape index (κ1) is 18.6. The third-order valence-electron chi connectivity index (χ3n) is 3.93. The zero-order valence-corrected chi connectivity index (χ0v) is 14.4. The number of carbonyl (C=O) groups excluding carboxylic acids is 1. The second-order valence-electron chi connectivity index (χ2n) is 5.80. The summed E-state index contributed by atoms with van der Waals surface area (Å²) in [5, 5.41) is 2.96. The molecule has 1 aromatic carbocycles. The Morgan fingerprint density at radius 3 is 2.52 bits per heavy atom. The molecule has 2 aromatic heterocycles. The van der Waals surface area contributed by atoms with E-state index in [0.29, 0.717) is 16.8 Å². The van der Waals surface area contributed by atoms with Crippen molar-refractivity contribution in [2.45, 2.75) is 12.6 Å². The highest BCUT2D eigenvalue weighted by atomic mass is 19.4. The highest BCUT2D eigenvalue weighted by molar-refractivity contribution is 5.98. The number of nitrogens with one attached hydrogen (secondary N) is 1. The summed E-state index contributed by atoms with van der Waals surface area (Å²) in [6.45, 7) is -0.496.